The summed E-state index contributed by atoms with van der Waals surface area (Å²) in [6.45, 7) is 16.0. The number of nitrogens with one attached hydrogen (secondary N) is 3. The Kier molecular flexibility index (Phi) is 19.1. The van der Waals surface area contributed by atoms with Gasteiger partial charge in [0, 0.05) is 24.9 Å². The number of nitrogens with two attached hydrogens (primary N) is 1. The number of esters is 1. The van der Waals surface area contributed by atoms with E-state index in [0.717, 1.165) is 16.1 Å². The molecule has 0 aliphatic carbocycles. The van der Waals surface area contributed by atoms with Crippen molar-refractivity contribution in [2.24, 2.45) is 28.6 Å². The number of ether oxygens (including phenoxy) is 2. The Morgan fingerprint density at radius 1 is 0.804 bits per heavy atom. The third-order valence-corrected chi connectivity index (χ3v) is 9.37. The number of hydrogen-bond donors (Lipinski definition) is 4. The molecule has 56 heavy (non-hydrogen) atoms. The first-order valence-corrected chi connectivity index (χ1v) is 19.2. The Hall–Kier alpha value is -4.91. The molecule has 0 saturated carbocycles. The van der Waals surface area contributed by atoms with Crippen LogP contribution in [-0.4, -0.2) is 89.7 Å². The van der Waals surface area contributed by atoms with Gasteiger partial charge < -0.3 is 31.2 Å². The van der Waals surface area contributed by atoms with Crippen molar-refractivity contribution in [2.45, 2.75) is 130 Å². The summed E-state index contributed by atoms with van der Waals surface area (Å²) < 4.78 is 11.0. The summed E-state index contributed by atoms with van der Waals surface area (Å²) >= 11 is 0. The Morgan fingerprint density at radius 3 is 1.82 bits per heavy atom. The summed E-state index contributed by atoms with van der Waals surface area (Å²) in [4.78, 5) is 79.8. The molecule has 2 rings (SSSR count). The van der Waals surface area contributed by atoms with Crippen LogP contribution in [0.5, 0.6) is 0 Å². The number of methoxy groups -OCH3 is 1. The molecule has 0 radical (unpaired) electrons. The highest BCUT2D eigenvalue weighted by Gasteiger charge is 2.40. The molecule has 0 aliphatic rings. The number of rotatable bonds is 21. The molecule has 4 amide bonds. The predicted octanol–water partition coefficient (Wildman–Crippen LogP) is 3.81. The lowest BCUT2D eigenvalue weighted by atomic mass is 9.94. The molecule has 0 saturated heterocycles. The lowest BCUT2D eigenvalue weighted by Gasteiger charge is -2.35. The molecule has 308 valence electrons. The SMILES string of the molecule is CC[C@H](C)[C@H](NC(=O)C[C@H](N)[C@H](Cc1ccccc1)NC(=O)[C@H](C(C)C)N(N=C=O)C(=O)[C@H](Cc1ccccc1)OC(C)(C)C)C(=O)N[C@H](C(=O)OC)C(C)C. The zero-order chi connectivity index (χ0) is 42.2. The number of hydrazone groups is 1. The molecule has 0 bridgehead atoms. The lowest BCUT2D eigenvalue weighted by Crippen LogP contribution is -2.59. The third-order valence-electron chi connectivity index (χ3n) is 9.37. The van der Waals surface area contributed by atoms with Crippen LogP contribution in [0.1, 0.15) is 86.3 Å². The van der Waals surface area contributed by atoms with Crippen molar-refractivity contribution in [1.29, 1.82) is 0 Å². The summed E-state index contributed by atoms with van der Waals surface area (Å²) in [5, 5.41) is 13.0. The van der Waals surface area contributed by atoms with Crippen LogP contribution in [0.25, 0.3) is 0 Å². The van der Waals surface area contributed by atoms with E-state index in [1.807, 2.05) is 74.5 Å². The quantitative estimate of drug-likeness (QED) is 0.0630. The van der Waals surface area contributed by atoms with E-state index in [2.05, 4.69) is 21.1 Å². The van der Waals surface area contributed by atoms with Crippen LogP contribution in [0.2, 0.25) is 0 Å². The summed E-state index contributed by atoms with van der Waals surface area (Å²) in [7, 11) is 1.24. The van der Waals surface area contributed by atoms with Crippen molar-refractivity contribution in [1.82, 2.24) is 21.0 Å². The minimum atomic E-state index is -1.28. The number of carbonyl (C=O) groups excluding carboxylic acids is 6. The molecule has 14 nitrogen and oxygen atoms in total. The Bertz CT molecular complexity index is 1620. The standard InChI is InChI=1S/C42H62N6O8/c1-11-28(6)36(38(51)47-35(26(2)3)41(54)55-10)46-34(50)24-31(43)32(22-29-18-14-12-15-19-29)45-39(52)37(27(4)5)48(44-25-49)40(53)33(56-42(7,8)9)23-30-20-16-13-17-21-30/h12-21,26-28,31-33,35-37H,11,22-24,43H2,1-10H3,(H,45,52)(H,46,50)(H,47,51)/t28-,31-,32-,33-,35-,36-,37-/m0/s1. The van der Waals surface area contributed by atoms with Gasteiger partial charge in [-0.25, -0.2) is 14.6 Å². The smallest absolute Gasteiger partial charge is 0.328 e. The number of carbonyl (C=O) groups is 5. The second-order valence-electron chi connectivity index (χ2n) is 15.8. The van der Waals surface area contributed by atoms with Gasteiger partial charge in [-0.3, -0.25) is 19.2 Å². The topological polar surface area (TPSA) is 199 Å². The number of isocyanates is 1. The fourth-order valence-electron chi connectivity index (χ4n) is 6.17. The second kappa shape index (κ2) is 22.6. The van der Waals surface area contributed by atoms with Crippen LogP contribution in [0.4, 0.5) is 0 Å². The van der Waals surface area contributed by atoms with Gasteiger partial charge in [0.25, 0.3) is 12.0 Å². The van der Waals surface area contributed by atoms with Gasteiger partial charge in [0.2, 0.25) is 17.7 Å². The predicted molar refractivity (Wildman–Crippen MR) is 213 cm³/mol. The van der Waals surface area contributed by atoms with E-state index in [0.29, 0.717) is 6.42 Å². The molecule has 2 aromatic carbocycles. The first kappa shape index (κ1) is 47.2. The molecule has 0 aliphatic heterocycles. The van der Waals surface area contributed by atoms with Gasteiger partial charge in [-0.2, -0.15) is 0 Å². The first-order chi connectivity index (χ1) is 26.3. The molecule has 0 heterocycles. The lowest BCUT2D eigenvalue weighted by molar-refractivity contribution is -0.159. The highest BCUT2D eigenvalue weighted by Crippen LogP contribution is 2.22. The van der Waals surface area contributed by atoms with E-state index in [9.17, 15) is 28.8 Å². The first-order valence-electron chi connectivity index (χ1n) is 19.2. The maximum Gasteiger partial charge on any atom is 0.328 e. The molecule has 7 atom stereocenters. The van der Waals surface area contributed by atoms with Gasteiger partial charge in [-0.15, -0.1) is 0 Å². The summed E-state index contributed by atoms with van der Waals surface area (Å²) in [5.74, 6) is -4.17. The average molecular weight is 779 g/mol. The van der Waals surface area contributed by atoms with E-state index in [1.54, 1.807) is 48.5 Å². The zero-order valence-electron chi connectivity index (χ0n) is 34.5. The normalized spacial score (nSPS) is 15.2. The van der Waals surface area contributed by atoms with E-state index >= 15 is 0 Å². The minimum Gasteiger partial charge on any atom is -0.467 e. The van der Waals surface area contributed by atoms with Crippen molar-refractivity contribution in [3.63, 3.8) is 0 Å². The van der Waals surface area contributed by atoms with Crippen LogP contribution < -0.4 is 21.7 Å². The van der Waals surface area contributed by atoms with E-state index in [1.165, 1.54) is 13.2 Å². The van der Waals surface area contributed by atoms with Gasteiger partial charge in [0.05, 0.1) is 12.7 Å². The van der Waals surface area contributed by atoms with Crippen LogP contribution in [0.15, 0.2) is 65.8 Å². The molecule has 2 aromatic rings. The van der Waals surface area contributed by atoms with Gasteiger partial charge in [-0.05, 0) is 56.1 Å². The number of benzene rings is 2. The average Bonchev–Trinajstić information content (AvgIpc) is 3.14. The van der Waals surface area contributed by atoms with Crippen LogP contribution in [-0.2, 0) is 51.1 Å². The summed E-state index contributed by atoms with van der Waals surface area (Å²) in [6, 6.07) is 13.4. The fraction of sp³-hybridized carbons (Fsp3) is 0.571. The van der Waals surface area contributed by atoms with Crippen LogP contribution >= 0.6 is 0 Å². The molecule has 0 aromatic heterocycles. The Morgan fingerprint density at radius 2 is 1.36 bits per heavy atom. The highest BCUT2D eigenvalue weighted by molar-refractivity contribution is 5.92. The van der Waals surface area contributed by atoms with E-state index in [-0.39, 0.29) is 31.1 Å². The molecule has 5 N–H and O–H groups in total. The Labute approximate surface area is 331 Å². The van der Waals surface area contributed by atoms with Crippen molar-refractivity contribution in [2.75, 3.05) is 7.11 Å². The molecular weight excluding hydrogens is 716 g/mol. The van der Waals surface area contributed by atoms with Crippen molar-refractivity contribution < 1.29 is 38.2 Å². The number of amides is 4. The maximum absolute atomic E-state index is 14.3. The van der Waals surface area contributed by atoms with Crippen LogP contribution in [0.3, 0.4) is 0 Å². The molecule has 0 unspecified atom stereocenters. The monoisotopic (exact) mass is 778 g/mol. The Balaban J connectivity index is 2.43. The van der Waals surface area contributed by atoms with Crippen molar-refractivity contribution in [3.05, 3.63) is 71.8 Å². The number of hydrogen-bond acceptors (Lipinski definition) is 10. The summed E-state index contributed by atoms with van der Waals surface area (Å²) in [6.07, 6.45) is 0.960. The fourth-order valence-corrected chi connectivity index (χ4v) is 6.17. The maximum atomic E-state index is 14.3. The number of nitrogens with zero attached hydrogens (tertiary/aromatic N) is 2. The molecule has 0 fully saturated rings. The van der Waals surface area contributed by atoms with Gasteiger partial charge in [0.15, 0.2) is 0 Å². The largest absolute Gasteiger partial charge is 0.467 e. The molecule has 0 spiro atoms. The zero-order valence-corrected chi connectivity index (χ0v) is 34.5. The molecular formula is C42H62N6O8. The minimum absolute atomic E-state index is 0.154. The highest BCUT2D eigenvalue weighted by atomic mass is 16.5. The van der Waals surface area contributed by atoms with Crippen molar-refractivity contribution >= 4 is 35.7 Å². The third kappa shape index (κ3) is 15.0. The van der Waals surface area contributed by atoms with Gasteiger partial charge in [-0.1, -0.05) is 114 Å². The molecule has 14 heteroatoms. The van der Waals surface area contributed by atoms with Gasteiger partial charge in [0.1, 0.15) is 24.2 Å². The van der Waals surface area contributed by atoms with Crippen LogP contribution in [0, 0.1) is 17.8 Å². The second-order valence-corrected chi connectivity index (χ2v) is 15.8. The van der Waals surface area contributed by atoms with Crippen molar-refractivity contribution in [3.8, 4) is 0 Å². The summed E-state index contributed by atoms with van der Waals surface area (Å²) in [5.41, 5.74) is 7.56. The van der Waals surface area contributed by atoms with Gasteiger partial charge >= 0.3 is 5.97 Å². The van der Waals surface area contributed by atoms with E-state index < -0.39 is 77.4 Å². The van der Waals surface area contributed by atoms with E-state index in [4.69, 9.17) is 15.2 Å².